The van der Waals surface area contributed by atoms with Crippen LogP contribution in [-0.4, -0.2) is 23.3 Å². The minimum atomic E-state index is -0.713. The van der Waals surface area contributed by atoms with Gasteiger partial charge in [0, 0.05) is 17.2 Å². The molecular formula is C24H21NO6. The molecule has 0 aliphatic heterocycles. The third-order valence-electron chi connectivity index (χ3n) is 4.65. The predicted molar refractivity (Wildman–Crippen MR) is 114 cm³/mol. The van der Waals surface area contributed by atoms with E-state index in [1.165, 1.54) is 18.2 Å². The first-order chi connectivity index (χ1) is 14.8. The van der Waals surface area contributed by atoms with Crippen molar-refractivity contribution in [1.29, 1.82) is 0 Å². The molecule has 0 radical (unpaired) electrons. The Labute approximate surface area is 179 Å². The van der Waals surface area contributed by atoms with Gasteiger partial charge in [-0.3, -0.25) is 14.9 Å². The molecule has 0 N–H and O–H groups in total. The number of esters is 1. The lowest BCUT2D eigenvalue weighted by Gasteiger charge is -2.11. The van der Waals surface area contributed by atoms with E-state index in [0.717, 1.165) is 11.1 Å². The van der Waals surface area contributed by atoms with Crippen LogP contribution in [-0.2, 0) is 11.3 Å². The maximum Gasteiger partial charge on any atom is 0.342 e. The molecule has 31 heavy (non-hydrogen) atoms. The van der Waals surface area contributed by atoms with Crippen LogP contribution in [0.1, 0.15) is 37.4 Å². The summed E-state index contributed by atoms with van der Waals surface area (Å²) in [5, 5.41) is 11.1. The van der Waals surface area contributed by atoms with Crippen LogP contribution in [0.5, 0.6) is 5.75 Å². The number of ketones is 1. The molecule has 0 aliphatic rings. The van der Waals surface area contributed by atoms with Gasteiger partial charge in [-0.05, 0) is 31.5 Å². The molecule has 0 atom stereocenters. The third kappa shape index (κ3) is 5.54. The number of para-hydroxylation sites is 1. The first kappa shape index (κ1) is 21.7. The fourth-order valence-electron chi connectivity index (χ4n) is 3.00. The van der Waals surface area contributed by atoms with Crippen molar-refractivity contribution >= 4 is 17.4 Å². The Balaban J connectivity index is 1.66. The molecule has 3 aromatic rings. The number of nitro groups is 1. The highest BCUT2D eigenvalue weighted by Crippen LogP contribution is 2.22. The van der Waals surface area contributed by atoms with Gasteiger partial charge in [0.2, 0.25) is 5.78 Å². The summed E-state index contributed by atoms with van der Waals surface area (Å²) < 4.78 is 10.9. The van der Waals surface area contributed by atoms with E-state index in [1.54, 1.807) is 31.2 Å². The maximum atomic E-state index is 12.5. The molecule has 3 rings (SSSR count). The van der Waals surface area contributed by atoms with Crippen LogP contribution >= 0.6 is 0 Å². The zero-order valence-corrected chi connectivity index (χ0v) is 17.2. The van der Waals surface area contributed by atoms with E-state index in [9.17, 15) is 19.7 Å². The number of carbonyl (C=O) groups is 2. The lowest BCUT2D eigenvalue weighted by Crippen LogP contribution is -2.15. The van der Waals surface area contributed by atoms with Gasteiger partial charge in [0.05, 0.1) is 4.92 Å². The summed E-state index contributed by atoms with van der Waals surface area (Å²) in [6.07, 6.45) is 0. The van der Waals surface area contributed by atoms with E-state index in [1.807, 2.05) is 31.2 Å². The van der Waals surface area contributed by atoms with Crippen LogP contribution in [0, 0.1) is 24.0 Å². The van der Waals surface area contributed by atoms with Crippen molar-refractivity contribution in [2.45, 2.75) is 20.5 Å². The molecule has 0 amide bonds. The van der Waals surface area contributed by atoms with Gasteiger partial charge in [-0.15, -0.1) is 0 Å². The monoisotopic (exact) mass is 419 g/mol. The normalized spacial score (nSPS) is 10.4. The number of carbonyl (C=O) groups excluding carboxylic acids is 2. The van der Waals surface area contributed by atoms with Crippen molar-refractivity contribution in [3.05, 3.63) is 105 Å². The number of nitrogens with zero attached hydrogens (tertiary/aromatic N) is 1. The van der Waals surface area contributed by atoms with Crippen LogP contribution in [0.25, 0.3) is 0 Å². The number of nitro benzene ring substituents is 1. The number of hydrogen-bond acceptors (Lipinski definition) is 6. The van der Waals surface area contributed by atoms with Crippen LogP contribution in [0.4, 0.5) is 5.69 Å². The number of Topliss-reactive ketones (excluding diaryl/α,β-unsaturated/α-hetero) is 1. The van der Waals surface area contributed by atoms with E-state index < -0.39 is 23.3 Å². The van der Waals surface area contributed by atoms with Gasteiger partial charge in [-0.25, -0.2) is 4.79 Å². The molecule has 0 bridgehead atoms. The molecule has 0 saturated heterocycles. The minimum Gasteiger partial charge on any atom is -0.488 e. The summed E-state index contributed by atoms with van der Waals surface area (Å²) in [4.78, 5) is 35.4. The summed E-state index contributed by atoms with van der Waals surface area (Å²) in [7, 11) is 0. The van der Waals surface area contributed by atoms with Gasteiger partial charge in [-0.2, -0.15) is 0 Å². The second-order valence-corrected chi connectivity index (χ2v) is 7.03. The molecule has 0 spiro atoms. The Hall–Kier alpha value is -4.00. The smallest absolute Gasteiger partial charge is 0.342 e. The number of rotatable bonds is 8. The second-order valence-electron chi connectivity index (χ2n) is 7.03. The van der Waals surface area contributed by atoms with Gasteiger partial charge >= 0.3 is 5.97 Å². The fourth-order valence-corrected chi connectivity index (χ4v) is 3.00. The fraction of sp³-hybridized carbons (Fsp3) is 0.167. The van der Waals surface area contributed by atoms with E-state index in [0.29, 0.717) is 11.3 Å². The molecule has 7 nitrogen and oxygen atoms in total. The zero-order chi connectivity index (χ0) is 22.4. The standard InChI is InChI=1S/C24H21NO6/c1-16-6-5-7-18(12-16)14-30-23-9-4-3-8-20(23)24(27)31-15-22(26)19-11-10-17(2)21(13-19)25(28)29/h3-13H,14-15H2,1-2H3. The summed E-state index contributed by atoms with van der Waals surface area (Å²) in [6, 6.07) is 18.6. The van der Waals surface area contributed by atoms with Crippen molar-refractivity contribution in [2.24, 2.45) is 0 Å². The molecular weight excluding hydrogens is 398 g/mol. The Bertz CT molecular complexity index is 1140. The summed E-state index contributed by atoms with van der Waals surface area (Å²) in [5.41, 5.74) is 2.64. The van der Waals surface area contributed by atoms with Crippen LogP contribution < -0.4 is 4.74 Å². The molecule has 0 heterocycles. The van der Waals surface area contributed by atoms with E-state index >= 15 is 0 Å². The van der Waals surface area contributed by atoms with Crippen LogP contribution in [0.3, 0.4) is 0 Å². The molecule has 158 valence electrons. The van der Waals surface area contributed by atoms with Gasteiger partial charge in [0.15, 0.2) is 6.61 Å². The highest BCUT2D eigenvalue weighted by atomic mass is 16.6. The number of aryl methyl sites for hydroxylation is 2. The Morgan fingerprint density at radius 1 is 0.968 bits per heavy atom. The quantitative estimate of drug-likeness (QED) is 0.225. The van der Waals surface area contributed by atoms with Crippen molar-refractivity contribution in [2.75, 3.05) is 6.61 Å². The zero-order valence-electron chi connectivity index (χ0n) is 17.2. The Kier molecular flexibility index (Phi) is 6.77. The van der Waals surface area contributed by atoms with Gasteiger partial charge in [-0.1, -0.05) is 54.1 Å². The summed E-state index contributed by atoms with van der Waals surface area (Å²) in [5.74, 6) is -0.906. The van der Waals surface area contributed by atoms with Gasteiger partial charge in [0.1, 0.15) is 17.9 Å². The first-order valence-corrected chi connectivity index (χ1v) is 9.58. The molecule has 0 saturated carbocycles. The van der Waals surface area contributed by atoms with Gasteiger partial charge in [0.25, 0.3) is 5.69 Å². The highest BCUT2D eigenvalue weighted by molar-refractivity contribution is 6.00. The van der Waals surface area contributed by atoms with Gasteiger partial charge < -0.3 is 9.47 Å². The minimum absolute atomic E-state index is 0.106. The van der Waals surface area contributed by atoms with E-state index in [2.05, 4.69) is 0 Å². The lowest BCUT2D eigenvalue weighted by atomic mass is 10.1. The molecule has 0 aliphatic carbocycles. The second kappa shape index (κ2) is 9.67. The number of ether oxygens (including phenoxy) is 2. The lowest BCUT2D eigenvalue weighted by molar-refractivity contribution is -0.385. The third-order valence-corrected chi connectivity index (χ3v) is 4.65. The molecule has 0 fully saturated rings. The average Bonchev–Trinajstić information content (AvgIpc) is 2.76. The molecule has 0 unspecified atom stereocenters. The molecule has 0 aromatic heterocycles. The maximum absolute atomic E-state index is 12.5. The molecule has 7 heteroatoms. The summed E-state index contributed by atoms with van der Waals surface area (Å²) >= 11 is 0. The Morgan fingerprint density at radius 2 is 1.74 bits per heavy atom. The average molecular weight is 419 g/mol. The first-order valence-electron chi connectivity index (χ1n) is 9.58. The van der Waals surface area contributed by atoms with E-state index in [4.69, 9.17) is 9.47 Å². The van der Waals surface area contributed by atoms with Crippen molar-refractivity contribution in [1.82, 2.24) is 0 Å². The molecule has 3 aromatic carbocycles. The largest absolute Gasteiger partial charge is 0.488 e. The summed E-state index contributed by atoms with van der Waals surface area (Å²) in [6.45, 7) is 3.30. The predicted octanol–water partition coefficient (Wildman–Crippen LogP) is 4.83. The number of hydrogen-bond donors (Lipinski definition) is 0. The topological polar surface area (TPSA) is 95.7 Å². The van der Waals surface area contributed by atoms with Crippen LogP contribution in [0.2, 0.25) is 0 Å². The van der Waals surface area contributed by atoms with Crippen LogP contribution in [0.15, 0.2) is 66.7 Å². The van der Waals surface area contributed by atoms with Crippen molar-refractivity contribution in [3.8, 4) is 5.75 Å². The van der Waals surface area contributed by atoms with Crippen molar-refractivity contribution < 1.29 is 24.0 Å². The SMILES string of the molecule is Cc1cccc(COc2ccccc2C(=O)OCC(=O)c2ccc(C)c([N+](=O)[O-])c2)c1. The van der Waals surface area contributed by atoms with Crippen molar-refractivity contribution in [3.63, 3.8) is 0 Å². The number of benzene rings is 3. The Morgan fingerprint density at radius 3 is 2.48 bits per heavy atom. The van der Waals surface area contributed by atoms with E-state index in [-0.39, 0.29) is 23.4 Å². The highest BCUT2D eigenvalue weighted by Gasteiger charge is 2.18.